The third-order valence-electron chi connectivity index (χ3n) is 3.22. The summed E-state index contributed by atoms with van der Waals surface area (Å²) in [6, 6.07) is 0.663. The molecule has 1 aliphatic rings. The van der Waals surface area contributed by atoms with Crippen molar-refractivity contribution in [3.05, 3.63) is 16.1 Å². The van der Waals surface area contributed by atoms with E-state index in [1.165, 1.54) is 29.1 Å². The predicted molar refractivity (Wildman–Crippen MR) is 70.1 cm³/mol. The van der Waals surface area contributed by atoms with Gasteiger partial charge < -0.3 is 5.32 Å². The molecule has 2 unspecified atom stereocenters. The van der Waals surface area contributed by atoms with Crippen LogP contribution in [0, 0.1) is 12.8 Å². The summed E-state index contributed by atoms with van der Waals surface area (Å²) >= 11 is 1.82. The number of hydrogen-bond acceptors (Lipinski definition) is 3. The molecule has 0 radical (unpaired) electrons. The highest BCUT2D eigenvalue weighted by Crippen LogP contribution is 2.33. The van der Waals surface area contributed by atoms with Gasteiger partial charge in [0.15, 0.2) is 0 Å². The molecular formula is C13H22N2S. The number of nitrogens with one attached hydrogen (secondary N) is 1. The molecule has 0 aromatic carbocycles. The van der Waals surface area contributed by atoms with Gasteiger partial charge in [0.05, 0.1) is 5.01 Å². The standard InChI is InChI=1S/C13H22N2S/c1-9(13-15-8-11(3)16-13)7-14-10(2)6-12-4-5-12/h8-10,12,14H,4-7H2,1-3H3. The largest absolute Gasteiger partial charge is 0.314 e. The number of nitrogens with zero attached hydrogens (tertiary/aromatic N) is 1. The van der Waals surface area contributed by atoms with Crippen molar-refractivity contribution in [2.75, 3.05) is 6.54 Å². The second-order valence-corrected chi connectivity index (χ2v) is 6.46. The van der Waals surface area contributed by atoms with Crippen LogP contribution in [0.3, 0.4) is 0 Å². The maximum Gasteiger partial charge on any atom is 0.0968 e. The van der Waals surface area contributed by atoms with Gasteiger partial charge in [0.2, 0.25) is 0 Å². The van der Waals surface area contributed by atoms with Gasteiger partial charge in [-0.05, 0) is 26.2 Å². The average Bonchev–Trinajstić information content (AvgIpc) is 2.95. The third-order valence-corrected chi connectivity index (χ3v) is 4.36. The molecule has 1 heterocycles. The van der Waals surface area contributed by atoms with E-state index in [0.717, 1.165) is 12.5 Å². The average molecular weight is 238 g/mol. The molecule has 0 aliphatic heterocycles. The van der Waals surface area contributed by atoms with Crippen LogP contribution in [-0.4, -0.2) is 17.6 Å². The summed E-state index contributed by atoms with van der Waals surface area (Å²) in [6.45, 7) is 7.74. The lowest BCUT2D eigenvalue weighted by Gasteiger charge is -2.16. The highest BCUT2D eigenvalue weighted by molar-refractivity contribution is 7.11. The summed E-state index contributed by atoms with van der Waals surface area (Å²) in [5.41, 5.74) is 0. The highest BCUT2D eigenvalue weighted by atomic mass is 32.1. The Morgan fingerprint density at radius 3 is 2.81 bits per heavy atom. The summed E-state index contributed by atoms with van der Waals surface area (Å²) in [7, 11) is 0. The van der Waals surface area contributed by atoms with Crippen molar-refractivity contribution in [1.29, 1.82) is 0 Å². The molecule has 3 heteroatoms. The Bertz CT molecular complexity index is 330. The van der Waals surface area contributed by atoms with Crippen LogP contribution in [0.1, 0.15) is 48.9 Å². The maximum atomic E-state index is 4.45. The molecular weight excluding hydrogens is 216 g/mol. The summed E-state index contributed by atoms with van der Waals surface area (Å²) in [6.07, 6.45) is 6.23. The van der Waals surface area contributed by atoms with Gasteiger partial charge >= 0.3 is 0 Å². The molecule has 2 atom stereocenters. The van der Waals surface area contributed by atoms with Crippen molar-refractivity contribution in [2.45, 2.75) is 52.0 Å². The van der Waals surface area contributed by atoms with Crippen molar-refractivity contribution in [3.8, 4) is 0 Å². The smallest absolute Gasteiger partial charge is 0.0968 e. The Balaban J connectivity index is 1.71. The van der Waals surface area contributed by atoms with Gasteiger partial charge in [0.1, 0.15) is 0 Å². The molecule has 0 saturated heterocycles. The van der Waals surface area contributed by atoms with Crippen molar-refractivity contribution in [2.24, 2.45) is 5.92 Å². The predicted octanol–water partition coefficient (Wildman–Crippen LogP) is 3.33. The van der Waals surface area contributed by atoms with Crippen LogP contribution in [0.2, 0.25) is 0 Å². The van der Waals surface area contributed by atoms with Crippen LogP contribution < -0.4 is 5.32 Å². The first-order valence-electron chi connectivity index (χ1n) is 6.31. The Morgan fingerprint density at radius 1 is 1.50 bits per heavy atom. The van der Waals surface area contributed by atoms with Crippen molar-refractivity contribution in [3.63, 3.8) is 0 Å². The molecule has 1 saturated carbocycles. The van der Waals surface area contributed by atoms with Gasteiger partial charge in [0, 0.05) is 29.6 Å². The Labute approximate surface area is 102 Å². The number of aromatic nitrogens is 1. The monoisotopic (exact) mass is 238 g/mol. The zero-order valence-electron chi connectivity index (χ0n) is 10.5. The van der Waals surface area contributed by atoms with Crippen molar-refractivity contribution < 1.29 is 0 Å². The fraction of sp³-hybridized carbons (Fsp3) is 0.769. The number of aryl methyl sites for hydroxylation is 1. The molecule has 1 aromatic heterocycles. The molecule has 90 valence electrons. The quantitative estimate of drug-likeness (QED) is 0.822. The molecule has 1 N–H and O–H groups in total. The first kappa shape index (κ1) is 12.1. The van der Waals surface area contributed by atoms with Gasteiger partial charge in [-0.25, -0.2) is 4.98 Å². The van der Waals surface area contributed by atoms with Gasteiger partial charge in [-0.15, -0.1) is 11.3 Å². The van der Waals surface area contributed by atoms with Crippen LogP contribution in [0.15, 0.2) is 6.20 Å². The van der Waals surface area contributed by atoms with E-state index in [1.54, 1.807) is 0 Å². The number of thiazole rings is 1. The number of rotatable bonds is 6. The molecule has 1 aromatic rings. The molecule has 2 rings (SSSR count). The summed E-state index contributed by atoms with van der Waals surface area (Å²) in [4.78, 5) is 5.76. The molecule has 0 spiro atoms. The Hall–Kier alpha value is -0.410. The Kier molecular flexibility index (Phi) is 3.98. The van der Waals surface area contributed by atoms with Crippen molar-refractivity contribution >= 4 is 11.3 Å². The van der Waals surface area contributed by atoms with E-state index >= 15 is 0 Å². The van der Waals surface area contributed by atoms with E-state index in [9.17, 15) is 0 Å². The van der Waals surface area contributed by atoms with Crippen LogP contribution in [-0.2, 0) is 0 Å². The lowest BCUT2D eigenvalue weighted by Crippen LogP contribution is -2.30. The molecule has 0 bridgehead atoms. The van der Waals surface area contributed by atoms with Gasteiger partial charge in [-0.1, -0.05) is 19.8 Å². The minimum Gasteiger partial charge on any atom is -0.314 e. The fourth-order valence-electron chi connectivity index (χ4n) is 2.00. The zero-order chi connectivity index (χ0) is 11.5. The lowest BCUT2D eigenvalue weighted by molar-refractivity contribution is 0.471. The normalized spacial score (nSPS) is 19.7. The SMILES string of the molecule is Cc1cnc(C(C)CNC(C)CC2CC2)s1. The Morgan fingerprint density at radius 2 is 2.25 bits per heavy atom. The van der Waals surface area contributed by atoms with Gasteiger partial charge in [-0.3, -0.25) is 0 Å². The van der Waals surface area contributed by atoms with Crippen molar-refractivity contribution in [1.82, 2.24) is 10.3 Å². The second kappa shape index (κ2) is 5.28. The fourth-order valence-corrected chi connectivity index (χ4v) is 2.83. The zero-order valence-corrected chi connectivity index (χ0v) is 11.3. The van der Waals surface area contributed by atoms with Crippen LogP contribution in [0.5, 0.6) is 0 Å². The molecule has 2 nitrogen and oxygen atoms in total. The van der Waals surface area contributed by atoms with Crippen LogP contribution in [0.4, 0.5) is 0 Å². The minimum absolute atomic E-state index is 0.542. The lowest BCUT2D eigenvalue weighted by atomic mass is 10.1. The van der Waals surface area contributed by atoms with E-state index in [-0.39, 0.29) is 0 Å². The molecule has 16 heavy (non-hydrogen) atoms. The summed E-state index contributed by atoms with van der Waals surface area (Å²) in [5.74, 6) is 1.56. The molecule has 0 amide bonds. The first-order valence-corrected chi connectivity index (χ1v) is 7.12. The number of hydrogen-bond donors (Lipinski definition) is 1. The van der Waals surface area contributed by atoms with E-state index in [2.05, 4.69) is 31.1 Å². The van der Waals surface area contributed by atoms with Crippen LogP contribution >= 0.6 is 11.3 Å². The van der Waals surface area contributed by atoms with E-state index in [0.29, 0.717) is 12.0 Å². The summed E-state index contributed by atoms with van der Waals surface area (Å²) in [5, 5.41) is 4.90. The molecule has 1 aliphatic carbocycles. The first-order chi connectivity index (χ1) is 7.65. The highest BCUT2D eigenvalue weighted by Gasteiger charge is 2.23. The second-order valence-electron chi connectivity index (χ2n) is 5.20. The maximum absolute atomic E-state index is 4.45. The minimum atomic E-state index is 0.542. The van der Waals surface area contributed by atoms with E-state index in [1.807, 2.05) is 17.5 Å². The van der Waals surface area contributed by atoms with Gasteiger partial charge in [0.25, 0.3) is 0 Å². The molecule has 1 fully saturated rings. The van der Waals surface area contributed by atoms with Crippen LogP contribution in [0.25, 0.3) is 0 Å². The topological polar surface area (TPSA) is 24.9 Å². The van der Waals surface area contributed by atoms with E-state index < -0.39 is 0 Å². The van der Waals surface area contributed by atoms with Gasteiger partial charge in [-0.2, -0.15) is 0 Å². The van der Waals surface area contributed by atoms with E-state index in [4.69, 9.17) is 0 Å². The summed E-state index contributed by atoms with van der Waals surface area (Å²) < 4.78 is 0. The third kappa shape index (κ3) is 3.56.